The number of anilines is 1. The number of hydrogen-bond acceptors (Lipinski definition) is 6. The van der Waals surface area contributed by atoms with Crippen molar-refractivity contribution in [2.24, 2.45) is 0 Å². The molecule has 27 heavy (non-hydrogen) atoms. The van der Waals surface area contributed by atoms with Crippen LogP contribution >= 0.6 is 23.4 Å². The molecule has 2 aromatic carbocycles. The van der Waals surface area contributed by atoms with Gasteiger partial charge in [-0.2, -0.15) is 4.98 Å². The van der Waals surface area contributed by atoms with Crippen molar-refractivity contribution >= 4 is 29.1 Å². The van der Waals surface area contributed by atoms with Crippen LogP contribution in [-0.2, 0) is 0 Å². The molecule has 1 aliphatic heterocycles. The third kappa shape index (κ3) is 3.57. The predicted molar refractivity (Wildman–Crippen MR) is 105 cm³/mol. The van der Waals surface area contributed by atoms with Gasteiger partial charge in [0.25, 0.3) is 0 Å². The van der Waals surface area contributed by atoms with Crippen LogP contribution in [0, 0.1) is 5.82 Å². The van der Waals surface area contributed by atoms with E-state index in [9.17, 15) is 4.39 Å². The van der Waals surface area contributed by atoms with Gasteiger partial charge in [0, 0.05) is 17.0 Å². The minimum absolute atomic E-state index is 0.225. The number of fused-ring (bicyclic) bond motifs is 3. The molecule has 0 fully saturated rings. The van der Waals surface area contributed by atoms with E-state index in [1.54, 1.807) is 12.1 Å². The molecule has 4 rings (SSSR count). The maximum absolute atomic E-state index is 14.5. The number of nitrogens with zero attached hydrogens (tertiary/aromatic N) is 3. The zero-order chi connectivity index (χ0) is 18.8. The number of hydrogen-bond donors (Lipinski definition) is 1. The fourth-order valence-corrected chi connectivity index (χ4v) is 3.69. The Morgan fingerprint density at radius 3 is 2.85 bits per heavy atom. The van der Waals surface area contributed by atoms with Gasteiger partial charge in [-0.3, -0.25) is 0 Å². The zero-order valence-corrected chi connectivity index (χ0v) is 16.0. The monoisotopic (exact) mass is 402 g/mol. The highest BCUT2D eigenvalue weighted by atomic mass is 35.5. The first kappa shape index (κ1) is 18.0. The molecule has 0 unspecified atom stereocenters. The van der Waals surface area contributed by atoms with E-state index in [2.05, 4.69) is 27.4 Å². The fraction of sp³-hybridized carbons (Fsp3) is 0.211. The zero-order valence-electron chi connectivity index (χ0n) is 14.4. The molecular weight excluding hydrogens is 387 g/mol. The standard InChI is InChI=1S/C19H16ClFN4OS/c1-2-10-27-19-23-18-16(24-25-19)11-6-3-4-9-14(11)22-17(26-18)15-12(20)7-5-8-13(15)21/h3-9,17,22H,2,10H2,1H3/t17-/m0/s1. The first-order chi connectivity index (χ1) is 13.2. The summed E-state index contributed by atoms with van der Waals surface area (Å²) in [5.74, 6) is 0.714. The number of ether oxygens (including phenoxy) is 1. The van der Waals surface area contributed by atoms with Gasteiger partial charge in [0.15, 0.2) is 5.69 Å². The Bertz CT molecular complexity index is 967. The quantitative estimate of drug-likeness (QED) is 0.594. The molecule has 1 aromatic heterocycles. The van der Waals surface area contributed by atoms with Crippen LogP contribution in [0.1, 0.15) is 25.1 Å². The third-order valence-electron chi connectivity index (χ3n) is 4.03. The first-order valence-corrected chi connectivity index (χ1v) is 9.87. The van der Waals surface area contributed by atoms with E-state index in [0.29, 0.717) is 16.7 Å². The Hall–Kier alpha value is -2.38. The summed E-state index contributed by atoms with van der Waals surface area (Å²) in [6.45, 7) is 2.08. The SMILES string of the molecule is CCCSc1nnc2c(n1)O[C@@H](c1c(F)cccc1Cl)Nc1ccccc1-2. The summed E-state index contributed by atoms with van der Waals surface area (Å²) in [5, 5.41) is 12.5. The van der Waals surface area contributed by atoms with Crippen LogP contribution in [0.3, 0.4) is 0 Å². The molecule has 0 amide bonds. The second-order valence-electron chi connectivity index (χ2n) is 5.92. The van der Waals surface area contributed by atoms with Crippen molar-refractivity contribution in [3.63, 3.8) is 0 Å². The molecule has 3 aromatic rings. The van der Waals surface area contributed by atoms with Gasteiger partial charge >= 0.3 is 0 Å². The molecular formula is C19H16ClFN4OS. The number of halogens is 2. The lowest BCUT2D eigenvalue weighted by Gasteiger charge is -2.20. The second-order valence-corrected chi connectivity index (χ2v) is 7.39. The maximum atomic E-state index is 14.5. The number of benzene rings is 2. The summed E-state index contributed by atoms with van der Waals surface area (Å²) in [4.78, 5) is 4.51. The number of nitrogens with one attached hydrogen (secondary N) is 1. The van der Waals surface area contributed by atoms with Gasteiger partial charge in [0.1, 0.15) is 5.82 Å². The second kappa shape index (κ2) is 7.70. The normalized spacial score (nSPS) is 15.1. The molecule has 0 aliphatic carbocycles. The van der Waals surface area contributed by atoms with E-state index < -0.39 is 12.0 Å². The molecule has 0 saturated carbocycles. The first-order valence-electron chi connectivity index (χ1n) is 8.51. The van der Waals surface area contributed by atoms with Crippen molar-refractivity contribution in [3.05, 3.63) is 58.9 Å². The Kier molecular flexibility index (Phi) is 5.13. The van der Waals surface area contributed by atoms with Gasteiger partial charge in [0.05, 0.1) is 10.6 Å². The van der Waals surface area contributed by atoms with Crippen LogP contribution in [-0.4, -0.2) is 20.9 Å². The van der Waals surface area contributed by atoms with Crippen LogP contribution < -0.4 is 10.1 Å². The van der Waals surface area contributed by atoms with Gasteiger partial charge in [-0.25, -0.2) is 4.39 Å². The summed E-state index contributed by atoms with van der Waals surface area (Å²) < 4.78 is 20.6. The Balaban J connectivity index is 1.83. The lowest BCUT2D eigenvalue weighted by Crippen LogP contribution is -2.19. The van der Waals surface area contributed by atoms with Crippen LogP contribution in [0.25, 0.3) is 11.3 Å². The van der Waals surface area contributed by atoms with Crippen molar-refractivity contribution in [2.75, 3.05) is 11.1 Å². The van der Waals surface area contributed by atoms with E-state index >= 15 is 0 Å². The van der Waals surface area contributed by atoms with E-state index in [0.717, 1.165) is 23.4 Å². The molecule has 1 aliphatic rings. The molecule has 138 valence electrons. The Morgan fingerprint density at radius 1 is 1.19 bits per heavy atom. The lowest BCUT2D eigenvalue weighted by atomic mass is 10.1. The molecule has 1 N–H and O–H groups in total. The lowest BCUT2D eigenvalue weighted by molar-refractivity contribution is 0.220. The third-order valence-corrected chi connectivity index (χ3v) is 5.40. The molecule has 2 heterocycles. The molecule has 1 atom stereocenters. The summed E-state index contributed by atoms with van der Waals surface area (Å²) in [7, 11) is 0. The van der Waals surface area contributed by atoms with Crippen LogP contribution in [0.2, 0.25) is 5.02 Å². The molecule has 0 bridgehead atoms. The number of thioether (sulfide) groups is 1. The van der Waals surface area contributed by atoms with E-state index in [4.69, 9.17) is 16.3 Å². The summed E-state index contributed by atoms with van der Waals surface area (Å²) >= 11 is 7.76. The van der Waals surface area contributed by atoms with Gasteiger partial charge < -0.3 is 10.1 Å². The van der Waals surface area contributed by atoms with Crippen LogP contribution in [0.5, 0.6) is 5.88 Å². The average Bonchev–Trinajstić information content (AvgIpc) is 2.82. The smallest absolute Gasteiger partial charge is 0.247 e. The number of rotatable bonds is 4. The predicted octanol–water partition coefficient (Wildman–Crippen LogP) is 5.34. The van der Waals surface area contributed by atoms with Gasteiger partial charge in [-0.05, 0) is 24.6 Å². The highest BCUT2D eigenvalue weighted by Gasteiger charge is 2.29. The van der Waals surface area contributed by atoms with Gasteiger partial charge in [-0.15, -0.1) is 10.2 Å². The highest BCUT2D eigenvalue weighted by Crippen LogP contribution is 2.41. The molecule has 0 saturated heterocycles. The van der Waals surface area contributed by atoms with Crippen molar-refractivity contribution in [1.29, 1.82) is 0 Å². The summed E-state index contributed by atoms with van der Waals surface area (Å²) in [6.07, 6.45) is 0.144. The minimum atomic E-state index is -0.846. The number of para-hydroxylation sites is 1. The van der Waals surface area contributed by atoms with Crippen molar-refractivity contribution < 1.29 is 9.13 Å². The van der Waals surface area contributed by atoms with Crippen molar-refractivity contribution in [2.45, 2.75) is 24.7 Å². The number of aromatic nitrogens is 3. The van der Waals surface area contributed by atoms with Crippen molar-refractivity contribution in [3.8, 4) is 17.1 Å². The average molecular weight is 403 g/mol. The van der Waals surface area contributed by atoms with E-state index in [1.807, 2.05) is 24.3 Å². The molecule has 0 radical (unpaired) electrons. The Labute approximate surface area is 165 Å². The van der Waals surface area contributed by atoms with Crippen LogP contribution in [0.4, 0.5) is 10.1 Å². The van der Waals surface area contributed by atoms with E-state index in [1.165, 1.54) is 17.8 Å². The maximum Gasteiger partial charge on any atom is 0.247 e. The highest BCUT2D eigenvalue weighted by molar-refractivity contribution is 7.99. The minimum Gasteiger partial charge on any atom is -0.448 e. The largest absolute Gasteiger partial charge is 0.448 e. The van der Waals surface area contributed by atoms with Crippen molar-refractivity contribution in [1.82, 2.24) is 15.2 Å². The molecule has 0 spiro atoms. The summed E-state index contributed by atoms with van der Waals surface area (Å²) in [5.41, 5.74) is 2.26. The Morgan fingerprint density at radius 2 is 2.04 bits per heavy atom. The summed E-state index contributed by atoms with van der Waals surface area (Å²) in [6, 6.07) is 12.1. The van der Waals surface area contributed by atoms with Gasteiger partial charge in [-0.1, -0.05) is 54.6 Å². The molecule has 5 nitrogen and oxygen atoms in total. The fourth-order valence-electron chi connectivity index (χ4n) is 2.79. The van der Waals surface area contributed by atoms with E-state index in [-0.39, 0.29) is 10.6 Å². The van der Waals surface area contributed by atoms with Crippen LogP contribution in [0.15, 0.2) is 47.6 Å². The molecule has 8 heteroatoms. The topological polar surface area (TPSA) is 59.9 Å². The van der Waals surface area contributed by atoms with Gasteiger partial charge in [0.2, 0.25) is 17.3 Å².